The molecular weight excluding hydrogens is 515 g/mol. The lowest BCUT2D eigenvalue weighted by Crippen LogP contribution is -2.52. The highest BCUT2D eigenvalue weighted by molar-refractivity contribution is 5.97. The van der Waals surface area contributed by atoms with E-state index in [9.17, 15) is 14.0 Å². The van der Waals surface area contributed by atoms with Gasteiger partial charge in [0.25, 0.3) is 5.91 Å². The Morgan fingerprint density at radius 2 is 1.93 bits per heavy atom. The summed E-state index contributed by atoms with van der Waals surface area (Å²) in [7, 11) is 1.22. The van der Waals surface area contributed by atoms with E-state index in [4.69, 9.17) is 14.5 Å². The molecule has 1 aromatic carbocycles. The Hall–Kier alpha value is -3.69. The molecule has 40 heavy (non-hydrogen) atoms. The summed E-state index contributed by atoms with van der Waals surface area (Å²) in [6, 6.07) is 7.20. The van der Waals surface area contributed by atoms with Crippen LogP contribution in [0.4, 0.5) is 9.18 Å². The van der Waals surface area contributed by atoms with Crippen LogP contribution in [0, 0.1) is 5.82 Å². The van der Waals surface area contributed by atoms with Crippen LogP contribution in [-0.4, -0.2) is 51.3 Å². The van der Waals surface area contributed by atoms with Crippen molar-refractivity contribution in [3.8, 4) is 5.75 Å². The van der Waals surface area contributed by atoms with Crippen LogP contribution in [-0.2, 0) is 21.7 Å². The molecule has 1 aliphatic carbocycles. The van der Waals surface area contributed by atoms with E-state index in [0.717, 1.165) is 50.3 Å². The maximum Gasteiger partial charge on any atom is 0.509 e. The molecule has 1 atom stereocenters. The van der Waals surface area contributed by atoms with Crippen LogP contribution in [0.1, 0.15) is 93.4 Å². The van der Waals surface area contributed by atoms with Crippen LogP contribution >= 0.6 is 0 Å². The number of fused-ring (bicyclic) bond motifs is 1. The minimum atomic E-state index is -0.873. The van der Waals surface area contributed by atoms with E-state index in [1.165, 1.54) is 13.2 Å². The number of ether oxygens (including phenoxy) is 3. The van der Waals surface area contributed by atoms with Gasteiger partial charge in [-0.25, -0.2) is 19.2 Å². The van der Waals surface area contributed by atoms with Crippen molar-refractivity contribution in [2.75, 3.05) is 13.7 Å². The van der Waals surface area contributed by atoms with Gasteiger partial charge in [0.2, 0.25) is 0 Å². The van der Waals surface area contributed by atoms with Crippen molar-refractivity contribution in [1.82, 2.24) is 19.4 Å². The fraction of sp³-hybridized carbons (Fsp3) is 0.533. The van der Waals surface area contributed by atoms with Crippen molar-refractivity contribution < 1.29 is 28.2 Å². The van der Waals surface area contributed by atoms with E-state index in [1.54, 1.807) is 4.57 Å². The van der Waals surface area contributed by atoms with Crippen molar-refractivity contribution in [2.45, 2.75) is 90.0 Å². The number of likely N-dealkylation sites (tertiary alicyclic amines) is 1. The van der Waals surface area contributed by atoms with Gasteiger partial charge in [0, 0.05) is 18.2 Å². The highest BCUT2D eigenvalue weighted by Gasteiger charge is 2.44. The first-order valence-electron chi connectivity index (χ1n) is 14.1. The Kier molecular flexibility index (Phi) is 7.96. The van der Waals surface area contributed by atoms with Crippen LogP contribution in [0.25, 0.3) is 11.2 Å². The number of halogens is 1. The van der Waals surface area contributed by atoms with Gasteiger partial charge in [-0.05, 0) is 76.5 Å². The van der Waals surface area contributed by atoms with Gasteiger partial charge in [0.05, 0.1) is 30.5 Å². The number of amides is 1. The summed E-state index contributed by atoms with van der Waals surface area (Å²) in [6.45, 7) is 6.17. The molecule has 9 nitrogen and oxygen atoms in total. The molecule has 3 heterocycles. The molecule has 1 saturated heterocycles. The number of pyridine rings is 1. The maximum absolute atomic E-state index is 14.5. The first-order valence-corrected chi connectivity index (χ1v) is 14.1. The number of benzene rings is 1. The topological polar surface area (TPSA) is 95.8 Å². The summed E-state index contributed by atoms with van der Waals surface area (Å²) in [4.78, 5) is 37.2. The van der Waals surface area contributed by atoms with Crippen molar-refractivity contribution in [3.63, 3.8) is 0 Å². The zero-order valence-corrected chi connectivity index (χ0v) is 23.6. The number of nitrogens with zero attached hydrogens (tertiary/aromatic N) is 4. The predicted molar refractivity (Wildman–Crippen MR) is 147 cm³/mol. The number of hydrogen-bond donors (Lipinski definition) is 0. The van der Waals surface area contributed by atoms with Crippen LogP contribution < -0.4 is 4.74 Å². The fourth-order valence-electron chi connectivity index (χ4n) is 6.18. The van der Waals surface area contributed by atoms with Gasteiger partial charge in [-0.1, -0.05) is 18.9 Å². The standard InChI is InChI=1S/C30H37FN4O5/c1-19(2)40-22-11-12-23(20-9-5-6-10-20)24(16-22)27(36)35-14-8-7-13-30(35,3)28-33-26-25(15-21(31)17-32-26)34(28)18-39-29(37)38-4/h11-12,15-17,19-20H,5-10,13-14,18H2,1-4H3/t30-/m0/s1. The van der Waals surface area contributed by atoms with Crippen LogP contribution in [0.15, 0.2) is 30.5 Å². The summed E-state index contributed by atoms with van der Waals surface area (Å²) < 4.78 is 31.8. The van der Waals surface area contributed by atoms with Crippen molar-refractivity contribution in [2.24, 2.45) is 0 Å². The first-order chi connectivity index (χ1) is 19.2. The van der Waals surface area contributed by atoms with Gasteiger partial charge < -0.3 is 19.1 Å². The summed E-state index contributed by atoms with van der Waals surface area (Å²) in [5.41, 5.74) is 1.52. The van der Waals surface area contributed by atoms with E-state index >= 15 is 0 Å². The smallest absolute Gasteiger partial charge is 0.491 e. The molecule has 0 spiro atoms. The Morgan fingerprint density at radius 3 is 2.65 bits per heavy atom. The zero-order chi connectivity index (χ0) is 28.4. The molecule has 214 valence electrons. The van der Waals surface area contributed by atoms with E-state index in [1.807, 2.05) is 43.9 Å². The third-order valence-electron chi connectivity index (χ3n) is 8.09. The lowest BCUT2D eigenvalue weighted by Gasteiger charge is -2.44. The number of hydrogen-bond acceptors (Lipinski definition) is 7. The second-order valence-electron chi connectivity index (χ2n) is 11.2. The second kappa shape index (κ2) is 11.4. The molecule has 0 radical (unpaired) electrons. The van der Waals surface area contributed by atoms with Crippen molar-refractivity contribution in [1.29, 1.82) is 0 Å². The maximum atomic E-state index is 14.5. The predicted octanol–water partition coefficient (Wildman–Crippen LogP) is 6.30. The number of aromatic nitrogens is 3. The normalized spacial score (nSPS) is 19.8. The van der Waals surface area contributed by atoms with Gasteiger partial charge in [0.1, 0.15) is 17.4 Å². The Bertz CT molecular complexity index is 1400. The minimum Gasteiger partial charge on any atom is -0.491 e. The molecule has 0 bridgehead atoms. The third kappa shape index (κ3) is 5.36. The second-order valence-corrected chi connectivity index (χ2v) is 11.2. The largest absolute Gasteiger partial charge is 0.509 e. The lowest BCUT2D eigenvalue weighted by molar-refractivity contribution is 0.0237. The number of rotatable bonds is 7. The molecule has 5 rings (SSSR count). The zero-order valence-electron chi connectivity index (χ0n) is 23.6. The highest BCUT2D eigenvalue weighted by atomic mass is 19.1. The number of methoxy groups -OCH3 is 1. The van der Waals surface area contributed by atoms with E-state index in [0.29, 0.717) is 47.2 Å². The molecule has 1 aliphatic heterocycles. The summed E-state index contributed by atoms with van der Waals surface area (Å²) in [5.74, 6) is 0.841. The van der Waals surface area contributed by atoms with E-state index < -0.39 is 17.5 Å². The average Bonchev–Trinajstić information content (AvgIpc) is 3.60. The van der Waals surface area contributed by atoms with Gasteiger partial charge >= 0.3 is 6.16 Å². The van der Waals surface area contributed by atoms with Crippen LogP contribution in [0.2, 0.25) is 0 Å². The summed E-state index contributed by atoms with van der Waals surface area (Å²) in [6.07, 6.45) is 6.96. The van der Waals surface area contributed by atoms with Crippen molar-refractivity contribution >= 4 is 23.2 Å². The minimum absolute atomic E-state index is 0.0249. The molecule has 0 N–H and O–H groups in total. The average molecular weight is 553 g/mol. The fourth-order valence-corrected chi connectivity index (χ4v) is 6.18. The Morgan fingerprint density at radius 1 is 1.15 bits per heavy atom. The van der Waals surface area contributed by atoms with Gasteiger partial charge in [0.15, 0.2) is 12.4 Å². The molecule has 1 amide bonds. The van der Waals surface area contributed by atoms with Crippen LogP contribution in [0.5, 0.6) is 5.75 Å². The van der Waals surface area contributed by atoms with Crippen molar-refractivity contribution in [3.05, 3.63) is 53.2 Å². The molecule has 2 aliphatic rings. The van der Waals surface area contributed by atoms with Gasteiger partial charge in [-0.3, -0.25) is 9.36 Å². The Labute approximate surface area is 233 Å². The number of imidazole rings is 1. The lowest BCUT2D eigenvalue weighted by atomic mass is 9.85. The molecule has 10 heteroatoms. The summed E-state index contributed by atoms with van der Waals surface area (Å²) >= 11 is 0. The molecule has 0 unspecified atom stereocenters. The number of carbonyl (C=O) groups is 2. The molecular formula is C30H37FN4O5. The molecule has 3 aromatic rings. The van der Waals surface area contributed by atoms with Gasteiger partial charge in [-0.15, -0.1) is 0 Å². The quantitative estimate of drug-likeness (QED) is 0.318. The third-order valence-corrected chi connectivity index (χ3v) is 8.09. The van der Waals surface area contributed by atoms with E-state index in [-0.39, 0.29) is 18.7 Å². The molecule has 2 aromatic heterocycles. The Balaban J connectivity index is 1.60. The molecule has 2 fully saturated rings. The SMILES string of the molecule is COC(=O)OCn1c([C@]2(C)CCCCN2C(=O)c2cc(OC(C)C)ccc2C2CCCC2)nc2ncc(F)cc21. The monoisotopic (exact) mass is 552 g/mol. The first kappa shape index (κ1) is 27.9. The number of piperidine rings is 1. The highest BCUT2D eigenvalue weighted by Crippen LogP contribution is 2.42. The summed E-state index contributed by atoms with van der Waals surface area (Å²) in [5, 5.41) is 0. The van der Waals surface area contributed by atoms with Crippen LogP contribution in [0.3, 0.4) is 0 Å². The van der Waals surface area contributed by atoms with E-state index in [2.05, 4.69) is 9.72 Å². The van der Waals surface area contributed by atoms with Gasteiger partial charge in [-0.2, -0.15) is 0 Å². The molecule has 1 saturated carbocycles. The number of carbonyl (C=O) groups excluding carboxylic acids is 2.